The summed E-state index contributed by atoms with van der Waals surface area (Å²) in [6, 6.07) is 6.79. The Balaban J connectivity index is 0.00000156. The van der Waals surface area contributed by atoms with Crippen molar-refractivity contribution in [2.24, 2.45) is 0 Å². The van der Waals surface area contributed by atoms with E-state index in [4.69, 9.17) is 0 Å². The largest absolute Gasteiger partial charge is 0.346 e. The van der Waals surface area contributed by atoms with Crippen molar-refractivity contribution in [2.75, 3.05) is 6.54 Å². The minimum Gasteiger partial charge on any atom is -0.346 e. The van der Waals surface area contributed by atoms with E-state index in [1.165, 1.54) is 23.5 Å². The lowest BCUT2D eigenvalue weighted by molar-refractivity contribution is 0.0915. The molecule has 2 atom stereocenters. The molecule has 8 heteroatoms. The van der Waals surface area contributed by atoms with Gasteiger partial charge in [0.15, 0.2) is 0 Å². The van der Waals surface area contributed by atoms with Crippen LogP contribution in [0.3, 0.4) is 0 Å². The van der Waals surface area contributed by atoms with Crippen LogP contribution in [0.15, 0.2) is 29.6 Å². The lowest BCUT2D eigenvalue weighted by Gasteiger charge is -2.30. The van der Waals surface area contributed by atoms with E-state index in [1.54, 1.807) is 17.5 Å². The van der Waals surface area contributed by atoms with Gasteiger partial charge >= 0.3 is 0 Å². The minimum atomic E-state index is -0.247. The SMILES string of the molecule is CC1NCCCC1NC(=O)c1csc(Cc2ccc(F)cc2)n1.Cl.Cl. The highest BCUT2D eigenvalue weighted by atomic mass is 35.5. The van der Waals surface area contributed by atoms with Gasteiger partial charge in [-0.1, -0.05) is 12.1 Å². The Morgan fingerprint density at radius 2 is 2.08 bits per heavy atom. The molecule has 2 N–H and O–H groups in total. The fraction of sp³-hybridized carbons (Fsp3) is 0.412. The molecule has 0 aliphatic carbocycles. The van der Waals surface area contributed by atoms with Gasteiger partial charge in [-0.2, -0.15) is 0 Å². The lowest BCUT2D eigenvalue weighted by Crippen LogP contribution is -2.51. The first-order valence-corrected chi connectivity index (χ1v) is 8.73. The maximum Gasteiger partial charge on any atom is 0.271 e. The number of carbonyl (C=O) groups excluding carboxylic acids is 1. The number of hydrogen-bond acceptors (Lipinski definition) is 4. The summed E-state index contributed by atoms with van der Waals surface area (Å²) in [4.78, 5) is 16.7. The normalized spacial score (nSPS) is 19.4. The second kappa shape index (κ2) is 10.1. The quantitative estimate of drug-likeness (QED) is 0.816. The van der Waals surface area contributed by atoms with Crippen LogP contribution in [0.25, 0.3) is 0 Å². The zero-order valence-electron chi connectivity index (χ0n) is 13.8. The van der Waals surface area contributed by atoms with Gasteiger partial charge in [0.05, 0.1) is 5.01 Å². The third kappa shape index (κ3) is 5.92. The van der Waals surface area contributed by atoms with Crippen molar-refractivity contribution in [1.29, 1.82) is 0 Å². The molecule has 1 amide bonds. The van der Waals surface area contributed by atoms with E-state index in [-0.39, 0.29) is 48.6 Å². The number of amides is 1. The van der Waals surface area contributed by atoms with E-state index < -0.39 is 0 Å². The maximum absolute atomic E-state index is 12.9. The summed E-state index contributed by atoms with van der Waals surface area (Å²) < 4.78 is 12.9. The van der Waals surface area contributed by atoms with Crippen LogP contribution < -0.4 is 10.6 Å². The first-order chi connectivity index (χ1) is 11.1. The molecular weight excluding hydrogens is 384 g/mol. The third-order valence-electron chi connectivity index (χ3n) is 4.13. The van der Waals surface area contributed by atoms with Crippen LogP contribution >= 0.6 is 36.2 Å². The van der Waals surface area contributed by atoms with Crippen LogP contribution in [0.5, 0.6) is 0 Å². The van der Waals surface area contributed by atoms with Gasteiger partial charge in [0, 0.05) is 23.9 Å². The van der Waals surface area contributed by atoms with Crippen molar-refractivity contribution in [1.82, 2.24) is 15.6 Å². The fourth-order valence-electron chi connectivity index (χ4n) is 2.76. The van der Waals surface area contributed by atoms with Crippen LogP contribution in [-0.2, 0) is 6.42 Å². The number of rotatable bonds is 4. The van der Waals surface area contributed by atoms with Gasteiger partial charge in [-0.15, -0.1) is 36.2 Å². The Hall–Kier alpha value is -1.21. The number of carbonyl (C=O) groups is 1. The van der Waals surface area contributed by atoms with Crippen molar-refractivity contribution in [3.8, 4) is 0 Å². The van der Waals surface area contributed by atoms with E-state index in [0.29, 0.717) is 12.1 Å². The van der Waals surface area contributed by atoms with E-state index in [9.17, 15) is 9.18 Å². The van der Waals surface area contributed by atoms with E-state index in [0.717, 1.165) is 30.0 Å². The summed E-state index contributed by atoms with van der Waals surface area (Å²) in [7, 11) is 0. The van der Waals surface area contributed by atoms with Crippen molar-refractivity contribution in [3.63, 3.8) is 0 Å². The van der Waals surface area contributed by atoms with Crippen LogP contribution in [0.2, 0.25) is 0 Å². The molecule has 1 fully saturated rings. The molecule has 0 saturated carbocycles. The monoisotopic (exact) mass is 405 g/mol. The number of piperidine rings is 1. The molecule has 0 radical (unpaired) electrons. The summed E-state index contributed by atoms with van der Waals surface area (Å²) in [5.41, 5.74) is 1.45. The summed E-state index contributed by atoms with van der Waals surface area (Å²) >= 11 is 1.46. The minimum absolute atomic E-state index is 0. The zero-order chi connectivity index (χ0) is 16.2. The van der Waals surface area contributed by atoms with Gasteiger partial charge in [0.25, 0.3) is 5.91 Å². The number of halogens is 3. The van der Waals surface area contributed by atoms with Crippen LogP contribution in [0, 0.1) is 5.82 Å². The van der Waals surface area contributed by atoms with Crippen molar-refractivity contribution in [3.05, 3.63) is 51.7 Å². The zero-order valence-corrected chi connectivity index (χ0v) is 16.3. The Morgan fingerprint density at radius 1 is 1.36 bits per heavy atom. The average molecular weight is 406 g/mol. The van der Waals surface area contributed by atoms with E-state index >= 15 is 0 Å². The molecule has 2 unspecified atom stereocenters. The highest BCUT2D eigenvalue weighted by Gasteiger charge is 2.23. The van der Waals surface area contributed by atoms with Crippen molar-refractivity contribution >= 4 is 42.1 Å². The second-order valence-corrected chi connectivity index (χ2v) is 6.84. The highest BCUT2D eigenvalue weighted by Crippen LogP contribution is 2.16. The standard InChI is InChI=1S/C17H20FN3OS.2ClH/c1-11-14(3-2-8-19-11)21-17(22)15-10-23-16(20-15)9-12-4-6-13(18)7-5-12;;/h4-7,10-11,14,19H,2-3,8-9H2,1H3,(H,21,22);2*1H. The summed E-state index contributed by atoms with van der Waals surface area (Å²) in [6.45, 7) is 3.09. The molecule has 2 heterocycles. The van der Waals surface area contributed by atoms with E-state index in [1.807, 2.05) is 0 Å². The average Bonchev–Trinajstić information content (AvgIpc) is 3.00. The molecule has 3 rings (SSSR count). The van der Waals surface area contributed by atoms with Gasteiger partial charge in [-0.25, -0.2) is 9.37 Å². The highest BCUT2D eigenvalue weighted by molar-refractivity contribution is 7.09. The van der Waals surface area contributed by atoms with E-state index in [2.05, 4.69) is 22.5 Å². The van der Waals surface area contributed by atoms with Crippen LogP contribution in [0.4, 0.5) is 4.39 Å². The maximum atomic E-state index is 12.9. The molecule has 25 heavy (non-hydrogen) atoms. The van der Waals surface area contributed by atoms with Gasteiger partial charge in [0.1, 0.15) is 11.5 Å². The molecule has 0 spiro atoms. The molecule has 0 bridgehead atoms. The Labute approximate surface area is 163 Å². The molecule has 1 aromatic heterocycles. The van der Waals surface area contributed by atoms with Crippen molar-refractivity contribution in [2.45, 2.75) is 38.3 Å². The summed E-state index contributed by atoms with van der Waals surface area (Å²) in [6.07, 6.45) is 2.67. The van der Waals surface area contributed by atoms with Gasteiger partial charge < -0.3 is 10.6 Å². The Bertz CT molecular complexity index is 681. The van der Waals surface area contributed by atoms with Gasteiger partial charge in [-0.3, -0.25) is 4.79 Å². The molecule has 1 saturated heterocycles. The predicted octanol–water partition coefficient (Wildman–Crippen LogP) is 3.59. The number of nitrogens with one attached hydrogen (secondary N) is 2. The van der Waals surface area contributed by atoms with Crippen LogP contribution in [0.1, 0.15) is 40.8 Å². The molecule has 1 aromatic carbocycles. The number of hydrogen-bond donors (Lipinski definition) is 2. The topological polar surface area (TPSA) is 54.0 Å². The Morgan fingerprint density at radius 3 is 2.76 bits per heavy atom. The molecule has 4 nitrogen and oxygen atoms in total. The first kappa shape index (κ1) is 21.8. The van der Waals surface area contributed by atoms with Gasteiger partial charge in [0.2, 0.25) is 0 Å². The Kier molecular flexibility index (Phi) is 8.79. The summed E-state index contributed by atoms with van der Waals surface area (Å²) in [5.74, 6) is -0.365. The number of aromatic nitrogens is 1. The smallest absolute Gasteiger partial charge is 0.271 e. The molecule has 1 aliphatic rings. The second-order valence-electron chi connectivity index (χ2n) is 5.89. The predicted molar refractivity (Wildman–Crippen MR) is 104 cm³/mol. The lowest BCUT2D eigenvalue weighted by atomic mass is 10.00. The van der Waals surface area contributed by atoms with Crippen molar-refractivity contribution < 1.29 is 9.18 Å². The third-order valence-corrected chi connectivity index (χ3v) is 4.98. The first-order valence-electron chi connectivity index (χ1n) is 7.85. The number of nitrogens with zero attached hydrogens (tertiary/aromatic N) is 1. The van der Waals surface area contributed by atoms with Gasteiger partial charge in [-0.05, 0) is 44.0 Å². The molecule has 138 valence electrons. The van der Waals surface area contributed by atoms with Crippen LogP contribution in [-0.4, -0.2) is 29.5 Å². The molecule has 2 aromatic rings. The fourth-order valence-corrected chi connectivity index (χ4v) is 3.57. The molecule has 1 aliphatic heterocycles. The number of benzene rings is 1. The summed E-state index contributed by atoms with van der Waals surface area (Å²) in [5, 5.41) is 9.08. The number of thiazole rings is 1. The molecular formula is C17H22Cl2FN3OS.